The molecule has 0 bridgehead atoms. The number of likely N-dealkylation sites (N-methyl/N-ethyl adjacent to an activating group) is 2. The van der Waals surface area contributed by atoms with E-state index in [1.54, 1.807) is 35.9 Å². The topological polar surface area (TPSA) is 178 Å². The van der Waals surface area contributed by atoms with Crippen molar-refractivity contribution in [2.45, 2.75) is 137 Å². The average molecular weight is 794 g/mol. The van der Waals surface area contributed by atoms with Crippen LogP contribution in [0.25, 0.3) is 0 Å². The van der Waals surface area contributed by atoms with E-state index in [9.17, 15) is 34.2 Å². The van der Waals surface area contributed by atoms with Gasteiger partial charge < -0.3 is 40.1 Å². The Labute approximate surface area is 337 Å². The number of nitrogens with zero attached hydrogens (tertiary/aromatic N) is 3. The summed E-state index contributed by atoms with van der Waals surface area (Å²) in [5.41, 5.74) is 0.633. The summed E-state index contributed by atoms with van der Waals surface area (Å²) in [5, 5.41) is 24.8. The number of carbonyl (C=O) groups excluding carboxylic acids is 4. The first-order chi connectivity index (χ1) is 26.4. The molecule has 0 radical (unpaired) electrons. The van der Waals surface area contributed by atoms with E-state index in [4.69, 9.17) is 9.47 Å². The molecule has 4 amide bonds. The molecule has 14 heteroatoms. The number of nitrogens with one attached hydrogen (secondary N) is 2. The van der Waals surface area contributed by atoms with Crippen molar-refractivity contribution in [2.24, 2.45) is 17.8 Å². The molecule has 56 heavy (non-hydrogen) atoms. The number of carbonyl (C=O) groups is 5. The monoisotopic (exact) mass is 794 g/mol. The summed E-state index contributed by atoms with van der Waals surface area (Å²) in [5.74, 6) is -3.18. The minimum atomic E-state index is -1.21. The Morgan fingerprint density at radius 2 is 1.50 bits per heavy atom. The van der Waals surface area contributed by atoms with Gasteiger partial charge in [0.2, 0.25) is 23.6 Å². The predicted octanol–water partition coefficient (Wildman–Crippen LogP) is 4.57. The third-order valence-electron chi connectivity index (χ3n) is 10.2. The van der Waals surface area contributed by atoms with Crippen molar-refractivity contribution in [3.8, 4) is 5.75 Å². The first-order valence-corrected chi connectivity index (χ1v) is 20.3. The van der Waals surface area contributed by atoms with Crippen molar-refractivity contribution in [3.63, 3.8) is 0 Å². The number of benzene rings is 1. The molecule has 1 aliphatic heterocycles. The van der Waals surface area contributed by atoms with Gasteiger partial charge in [-0.05, 0) is 56.5 Å². The maximum atomic E-state index is 14.0. The quantitative estimate of drug-likeness (QED) is 0.146. The summed E-state index contributed by atoms with van der Waals surface area (Å²) in [6, 6.07) is 3.60. The van der Waals surface area contributed by atoms with Crippen LogP contribution in [0.1, 0.15) is 100.0 Å². The first kappa shape index (κ1) is 52.2. The molecule has 1 aliphatic rings. The second-order valence-electron chi connectivity index (χ2n) is 15.0. The van der Waals surface area contributed by atoms with Crippen LogP contribution in [-0.4, -0.2) is 139 Å². The van der Waals surface area contributed by atoms with E-state index >= 15 is 0 Å². The molecule has 1 heterocycles. The third kappa shape index (κ3) is 16.0. The number of carboxylic acids is 1. The lowest BCUT2D eigenvalue weighted by atomic mass is 9.90. The Balaban J connectivity index is 0.00000575. The van der Waals surface area contributed by atoms with Gasteiger partial charge in [0.25, 0.3) is 0 Å². The predicted molar refractivity (Wildman–Crippen MR) is 220 cm³/mol. The molecule has 8 atom stereocenters. The summed E-state index contributed by atoms with van der Waals surface area (Å²) in [7, 11) is 8.30. The highest BCUT2D eigenvalue weighted by Crippen LogP contribution is 2.29. The molecule has 0 saturated carbocycles. The van der Waals surface area contributed by atoms with Crippen LogP contribution in [0, 0.1) is 17.8 Å². The summed E-state index contributed by atoms with van der Waals surface area (Å²) in [6.07, 6.45) is 1.88. The zero-order valence-electron chi connectivity index (χ0n) is 36.8. The Kier molecular flexibility index (Phi) is 25.2. The fourth-order valence-electron chi connectivity index (χ4n) is 7.22. The largest absolute Gasteiger partial charge is 0.508 e. The molecule has 0 spiro atoms. The van der Waals surface area contributed by atoms with Crippen molar-refractivity contribution < 1.29 is 43.7 Å². The standard InChI is InChI=1S/C37H61N5O9.C3H8.C2H6/c1-11-23(4)33(41(8)31(45)21-38-36(47)32(22(2)3)40(6)7)29(50-9)20-30(44)42-18-12-13-28(42)34(51-10)24(5)35(46)39-27(37(48)49)19-25-14-16-26(43)17-15-25;1-3-2;1-2/h14-17,22-24,27-29,32-34,43H,11-13,18-21H2,1-10H3,(H,38,47)(H,39,46)(H,48,49);3H2,1-2H3;1-2H3. The molecule has 0 aromatic heterocycles. The highest BCUT2D eigenvalue weighted by Gasteiger charge is 2.42. The Bertz CT molecular complexity index is 1320. The van der Waals surface area contributed by atoms with E-state index in [1.807, 2.05) is 60.5 Å². The smallest absolute Gasteiger partial charge is 0.326 e. The van der Waals surface area contributed by atoms with Gasteiger partial charge in [0.1, 0.15) is 11.8 Å². The van der Waals surface area contributed by atoms with Crippen LogP contribution in [0.3, 0.4) is 0 Å². The molecule has 1 saturated heterocycles. The van der Waals surface area contributed by atoms with E-state index in [0.717, 1.165) is 0 Å². The lowest BCUT2D eigenvalue weighted by Gasteiger charge is -2.39. The van der Waals surface area contributed by atoms with E-state index < -0.39 is 48.1 Å². The van der Waals surface area contributed by atoms with Gasteiger partial charge in [-0.1, -0.05) is 87.3 Å². The fraction of sp³-hybridized carbons (Fsp3) is 0.738. The van der Waals surface area contributed by atoms with Crippen LogP contribution in [-0.2, 0) is 39.9 Å². The lowest BCUT2D eigenvalue weighted by molar-refractivity contribution is -0.147. The van der Waals surface area contributed by atoms with Gasteiger partial charge in [0.15, 0.2) is 0 Å². The summed E-state index contributed by atoms with van der Waals surface area (Å²) in [6.45, 7) is 18.1. The molecule has 14 nitrogen and oxygen atoms in total. The number of rotatable bonds is 20. The molecule has 322 valence electrons. The number of phenols is 1. The molecular weight excluding hydrogens is 718 g/mol. The molecule has 2 rings (SSSR count). The van der Waals surface area contributed by atoms with Gasteiger partial charge in [0.05, 0.1) is 49.2 Å². The minimum Gasteiger partial charge on any atom is -0.508 e. The molecule has 8 unspecified atom stereocenters. The Morgan fingerprint density at radius 1 is 0.929 bits per heavy atom. The number of ether oxygens (including phenoxy) is 2. The first-order valence-electron chi connectivity index (χ1n) is 20.3. The van der Waals surface area contributed by atoms with E-state index in [1.165, 1.54) is 32.8 Å². The molecule has 4 N–H and O–H groups in total. The average Bonchev–Trinajstić information content (AvgIpc) is 3.64. The van der Waals surface area contributed by atoms with Gasteiger partial charge in [-0.15, -0.1) is 0 Å². The van der Waals surface area contributed by atoms with Crippen LogP contribution in [0.15, 0.2) is 24.3 Å². The van der Waals surface area contributed by atoms with Gasteiger partial charge >= 0.3 is 5.97 Å². The van der Waals surface area contributed by atoms with Gasteiger partial charge in [0, 0.05) is 34.2 Å². The van der Waals surface area contributed by atoms with Crippen LogP contribution in [0.4, 0.5) is 0 Å². The van der Waals surface area contributed by atoms with Gasteiger partial charge in [-0.3, -0.25) is 24.1 Å². The second kappa shape index (κ2) is 27.0. The summed E-state index contributed by atoms with van der Waals surface area (Å²) in [4.78, 5) is 70.9. The third-order valence-corrected chi connectivity index (χ3v) is 10.2. The molecule has 1 aromatic rings. The number of hydrogen-bond acceptors (Lipinski definition) is 9. The maximum absolute atomic E-state index is 14.0. The fourth-order valence-corrected chi connectivity index (χ4v) is 7.22. The molecular formula is C42H75N5O9. The maximum Gasteiger partial charge on any atom is 0.326 e. The van der Waals surface area contributed by atoms with Crippen molar-refractivity contribution in [3.05, 3.63) is 29.8 Å². The lowest BCUT2D eigenvalue weighted by Crippen LogP contribution is -2.55. The van der Waals surface area contributed by atoms with Crippen LogP contribution >= 0.6 is 0 Å². The van der Waals surface area contributed by atoms with Crippen LogP contribution in [0.2, 0.25) is 0 Å². The Hall–Kier alpha value is -3.75. The zero-order valence-corrected chi connectivity index (χ0v) is 36.8. The molecule has 1 aromatic carbocycles. The number of amides is 4. The second-order valence-corrected chi connectivity index (χ2v) is 15.0. The molecule has 0 aliphatic carbocycles. The summed E-state index contributed by atoms with van der Waals surface area (Å²) < 4.78 is 11.7. The number of carboxylic acid groups (broad SMARTS) is 1. The van der Waals surface area contributed by atoms with Gasteiger partial charge in [-0.25, -0.2) is 4.79 Å². The highest BCUT2D eigenvalue weighted by molar-refractivity contribution is 5.88. The van der Waals surface area contributed by atoms with Crippen molar-refractivity contribution in [1.82, 2.24) is 25.3 Å². The summed E-state index contributed by atoms with van der Waals surface area (Å²) >= 11 is 0. The Morgan fingerprint density at radius 3 is 1.96 bits per heavy atom. The normalized spacial score (nSPS) is 17.5. The number of aliphatic carboxylic acids is 1. The number of aromatic hydroxyl groups is 1. The van der Waals surface area contributed by atoms with E-state index in [-0.39, 0.29) is 60.7 Å². The van der Waals surface area contributed by atoms with Crippen molar-refractivity contribution in [2.75, 3.05) is 48.5 Å². The van der Waals surface area contributed by atoms with E-state index in [2.05, 4.69) is 24.5 Å². The van der Waals surface area contributed by atoms with Crippen LogP contribution in [0.5, 0.6) is 5.75 Å². The van der Waals surface area contributed by atoms with Crippen molar-refractivity contribution in [1.29, 1.82) is 0 Å². The highest BCUT2D eigenvalue weighted by atomic mass is 16.5. The van der Waals surface area contributed by atoms with Crippen molar-refractivity contribution >= 4 is 29.6 Å². The molecule has 1 fully saturated rings. The number of likely N-dealkylation sites (tertiary alicyclic amines) is 1. The minimum absolute atomic E-state index is 0.0211. The van der Waals surface area contributed by atoms with Gasteiger partial charge in [-0.2, -0.15) is 0 Å². The van der Waals surface area contributed by atoms with Crippen LogP contribution < -0.4 is 10.6 Å². The number of phenolic OH excluding ortho intramolecular Hbond substituents is 1. The zero-order chi connectivity index (χ0) is 43.3. The van der Waals surface area contributed by atoms with E-state index in [0.29, 0.717) is 31.4 Å². The SMILES string of the molecule is CC.CCC.CCC(C)C(C(CC(=O)N1CCCC1C(OC)C(C)C(=O)NC(Cc1ccc(O)cc1)C(=O)O)OC)N(C)C(=O)CNC(=O)C(C(C)C)N(C)C. The number of methoxy groups -OCH3 is 2. The number of hydrogen-bond donors (Lipinski definition) is 4.